The number of carbonyl (C=O) groups is 2. The number of nitrogens with zero attached hydrogens (tertiary/aromatic N) is 6. The van der Waals surface area contributed by atoms with E-state index in [-0.39, 0.29) is 29.8 Å². The predicted octanol–water partition coefficient (Wildman–Crippen LogP) is 3.87. The van der Waals surface area contributed by atoms with Crippen LogP contribution in [0.25, 0.3) is 5.65 Å². The summed E-state index contributed by atoms with van der Waals surface area (Å²) >= 11 is 0. The molecule has 2 aliphatic rings. The lowest BCUT2D eigenvalue weighted by Crippen LogP contribution is -2.52. The summed E-state index contributed by atoms with van der Waals surface area (Å²) in [4.78, 5) is 39.9. The number of hydrogen-bond acceptors (Lipinski definition) is 6. The van der Waals surface area contributed by atoms with Crippen LogP contribution in [0.5, 0.6) is 0 Å². The van der Waals surface area contributed by atoms with Gasteiger partial charge in [-0.2, -0.15) is 0 Å². The second-order valence-corrected chi connectivity index (χ2v) is 11.6. The van der Waals surface area contributed by atoms with E-state index in [1.54, 1.807) is 11.0 Å². The molecule has 0 spiro atoms. The Kier molecular flexibility index (Phi) is 8.60. The maximum atomic E-state index is 12.7. The van der Waals surface area contributed by atoms with Crippen molar-refractivity contribution in [1.82, 2.24) is 29.1 Å². The van der Waals surface area contributed by atoms with Gasteiger partial charge in [-0.3, -0.25) is 9.20 Å². The van der Waals surface area contributed by atoms with E-state index < -0.39 is 6.09 Å². The molecule has 4 rings (SSSR count). The molecule has 3 atom stereocenters. The smallest absolute Gasteiger partial charge is 0.407 e. The highest BCUT2D eigenvalue weighted by molar-refractivity contribution is 5.87. The zero-order valence-electron chi connectivity index (χ0n) is 23.6. The molecule has 2 aliphatic heterocycles. The number of hydrogen-bond donors (Lipinski definition) is 2. The van der Waals surface area contributed by atoms with Gasteiger partial charge in [-0.15, -0.1) is 0 Å². The van der Waals surface area contributed by atoms with Crippen molar-refractivity contribution < 1.29 is 14.7 Å². The zero-order valence-corrected chi connectivity index (χ0v) is 23.6. The number of piperidine rings is 1. The van der Waals surface area contributed by atoms with Gasteiger partial charge in [0.1, 0.15) is 0 Å². The predicted molar refractivity (Wildman–Crippen MR) is 149 cm³/mol. The number of fused-ring (bicyclic) bond motifs is 1. The number of anilines is 1. The molecule has 3 unspecified atom stereocenters. The maximum Gasteiger partial charge on any atom is 0.407 e. The number of carboxylic acid groups (broad SMARTS) is 1. The van der Waals surface area contributed by atoms with Crippen LogP contribution in [0.4, 0.5) is 10.6 Å². The Labute approximate surface area is 225 Å². The molecule has 2 saturated heterocycles. The van der Waals surface area contributed by atoms with Crippen molar-refractivity contribution in [2.24, 2.45) is 5.92 Å². The lowest BCUT2D eigenvalue weighted by atomic mass is 9.87. The van der Waals surface area contributed by atoms with Gasteiger partial charge in [-0.05, 0) is 51.1 Å². The number of amides is 2. The summed E-state index contributed by atoms with van der Waals surface area (Å²) in [6, 6.07) is -0.0872. The maximum absolute atomic E-state index is 12.7. The third-order valence-corrected chi connectivity index (χ3v) is 7.77. The molecule has 2 fully saturated rings. The second-order valence-electron chi connectivity index (χ2n) is 11.6. The summed E-state index contributed by atoms with van der Waals surface area (Å²) in [7, 11) is 3.92. The van der Waals surface area contributed by atoms with Crippen molar-refractivity contribution in [3.8, 4) is 0 Å². The van der Waals surface area contributed by atoms with E-state index >= 15 is 0 Å². The lowest BCUT2D eigenvalue weighted by molar-refractivity contribution is -0.125. The van der Waals surface area contributed by atoms with Gasteiger partial charge in [0.15, 0.2) is 11.5 Å². The summed E-state index contributed by atoms with van der Waals surface area (Å²) in [5.74, 6) is 1.45. The number of aromatic nitrogens is 3. The Hall–Kier alpha value is -3.14. The fourth-order valence-electron chi connectivity index (χ4n) is 5.60. The minimum absolute atomic E-state index is 0.000865. The SMILES string of the molecule is CC(C)c1cn2c(C(C)C)cnc2c(NC2CCN(C(=O)O)C(C3CCN(C(=O)/C=C/CN(C)C)C3)C2)n1. The first-order chi connectivity index (χ1) is 18.0. The highest BCUT2D eigenvalue weighted by atomic mass is 16.4. The Morgan fingerprint density at radius 3 is 2.61 bits per heavy atom. The molecule has 38 heavy (non-hydrogen) atoms. The van der Waals surface area contributed by atoms with Gasteiger partial charge in [0.05, 0.1) is 5.69 Å². The lowest BCUT2D eigenvalue weighted by Gasteiger charge is -2.41. The molecule has 2 N–H and O–H groups in total. The molecule has 2 aromatic rings. The van der Waals surface area contributed by atoms with E-state index in [1.165, 1.54) is 0 Å². The number of likely N-dealkylation sites (tertiary alicyclic amines) is 2. The summed E-state index contributed by atoms with van der Waals surface area (Å²) < 4.78 is 2.14. The van der Waals surface area contributed by atoms with Crippen LogP contribution in [-0.4, -0.2) is 98.5 Å². The third kappa shape index (κ3) is 6.11. The topological polar surface area (TPSA) is 106 Å². The minimum atomic E-state index is -0.888. The van der Waals surface area contributed by atoms with Crippen LogP contribution in [0.15, 0.2) is 24.5 Å². The zero-order chi connectivity index (χ0) is 27.6. The van der Waals surface area contributed by atoms with E-state index in [9.17, 15) is 14.7 Å². The molecule has 208 valence electrons. The molecule has 4 heterocycles. The van der Waals surface area contributed by atoms with Gasteiger partial charge in [0.2, 0.25) is 5.91 Å². The molecule has 10 nitrogen and oxygen atoms in total. The Balaban J connectivity index is 1.52. The van der Waals surface area contributed by atoms with Crippen molar-refractivity contribution in [2.45, 2.75) is 70.9 Å². The van der Waals surface area contributed by atoms with Gasteiger partial charge in [-0.1, -0.05) is 33.8 Å². The largest absolute Gasteiger partial charge is 0.465 e. The fraction of sp³-hybridized carbons (Fsp3) is 0.643. The van der Waals surface area contributed by atoms with Gasteiger partial charge < -0.3 is 25.1 Å². The van der Waals surface area contributed by atoms with E-state index in [2.05, 4.69) is 48.6 Å². The standard InChI is InChI=1S/C28H43N7O3/c1-18(2)22-17-35-24(19(3)4)15-29-27(35)26(31-22)30-21-10-13-34(28(37)38)23(14-21)20-9-12-33(16-20)25(36)8-7-11-32(5)6/h7-8,15,17-21,23H,9-14,16H2,1-6H3,(H,30,31)(H,37,38)/b8-7+. The Bertz CT molecular complexity index is 1170. The highest BCUT2D eigenvalue weighted by Gasteiger charge is 2.40. The number of rotatable bonds is 8. The van der Waals surface area contributed by atoms with E-state index in [0.29, 0.717) is 44.9 Å². The highest BCUT2D eigenvalue weighted by Crippen LogP contribution is 2.32. The quantitative estimate of drug-likeness (QED) is 0.504. The number of imidazole rings is 1. The van der Waals surface area contributed by atoms with Crippen LogP contribution in [0.2, 0.25) is 0 Å². The number of carbonyl (C=O) groups excluding carboxylic acids is 1. The van der Waals surface area contributed by atoms with Crippen molar-refractivity contribution in [2.75, 3.05) is 45.6 Å². The molecular formula is C28H43N7O3. The molecule has 10 heteroatoms. The van der Waals surface area contributed by atoms with Crippen LogP contribution in [0.3, 0.4) is 0 Å². The van der Waals surface area contributed by atoms with E-state index in [4.69, 9.17) is 4.98 Å². The van der Waals surface area contributed by atoms with Crippen LogP contribution < -0.4 is 5.32 Å². The summed E-state index contributed by atoms with van der Waals surface area (Å²) in [6.07, 6.45) is 8.80. The first kappa shape index (κ1) is 27.9. The van der Waals surface area contributed by atoms with Crippen LogP contribution in [-0.2, 0) is 4.79 Å². The molecular weight excluding hydrogens is 482 g/mol. The molecule has 0 bridgehead atoms. The third-order valence-electron chi connectivity index (χ3n) is 7.77. The molecule has 2 aromatic heterocycles. The van der Waals surface area contributed by atoms with Crippen LogP contribution in [0.1, 0.15) is 70.2 Å². The molecule has 0 aromatic carbocycles. The van der Waals surface area contributed by atoms with Crippen molar-refractivity contribution in [3.63, 3.8) is 0 Å². The molecule has 0 aliphatic carbocycles. The monoisotopic (exact) mass is 525 g/mol. The average Bonchev–Trinajstić information content (AvgIpc) is 3.51. The summed E-state index contributed by atoms with van der Waals surface area (Å²) in [5, 5.41) is 13.6. The molecule has 0 saturated carbocycles. The normalized spacial score (nSPS) is 22.5. The van der Waals surface area contributed by atoms with Crippen molar-refractivity contribution in [1.29, 1.82) is 0 Å². The van der Waals surface area contributed by atoms with Crippen molar-refractivity contribution in [3.05, 3.63) is 35.9 Å². The molecule has 0 radical (unpaired) electrons. The summed E-state index contributed by atoms with van der Waals surface area (Å²) in [5.41, 5.74) is 2.94. The molecule has 2 amide bonds. The van der Waals surface area contributed by atoms with Gasteiger partial charge in [0, 0.05) is 62.4 Å². The van der Waals surface area contributed by atoms with Gasteiger partial charge in [0.25, 0.3) is 0 Å². The van der Waals surface area contributed by atoms with E-state index in [0.717, 1.165) is 29.3 Å². The van der Waals surface area contributed by atoms with Crippen LogP contribution in [0, 0.1) is 5.92 Å². The number of likely N-dealkylation sites (N-methyl/N-ethyl adjacent to an activating group) is 1. The fourth-order valence-corrected chi connectivity index (χ4v) is 5.60. The van der Waals surface area contributed by atoms with E-state index in [1.807, 2.05) is 36.2 Å². The second kappa shape index (κ2) is 11.7. The van der Waals surface area contributed by atoms with Gasteiger partial charge >= 0.3 is 6.09 Å². The first-order valence-corrected chi connectivity index (χ1v) is 13.8. The summed E-state index contributed by atoms with van der Waals surface area (Å²) in [6.45, 7) is 11.0. The minimum Gasteiger partial charge on any atom is -0.465 e. The van der Waals surface area contributed by atoms with Gasteiger partial charge in [-0.25, -0.2) is 14.8 Å². The van der Waals surface area contributed by atoms with Crippen LogP contribution >= 0.6 is 0 Å². The first-order valence-electron chi connectivity index (χ1n) is 13.8. The number of nitrogens with one attached hydrogen (secondary N) is 1. The average molecular weight is 526 g/mol. The Morgan fingerprint density at radius 1 is 1.18 bits per heavy atom. The Morgan fingerprint density at radius 2 is 1.95 bits per heavy atom. The van der Waals surface area contributed by atoms with Crippen molar-refractivity contribution >= 4 is 23.5 Å².